The van der Waals surface area contributed by atoms with Crippen molar-refractivity contribution in [1.82, 2.24) is 15.5 Å². The van der Waals surface area contributed by atoms with Crippen molar-refractivity contribution in [2.75, 3.05) is 32.7 Å². The second-order valence-corrected chi connectivity index (χ2v) is 5.35. The Hall–Kier alpha value is -0.0300. The molecule has 1 amide bonds. The van der Waals surface area contributed by atoms with Crippen LogP contribution in [0.2, 0.25) is 0 Å². The smallest absolute Gasteiger partial charge is 0.234 e. The quantitative estimate of drug-likeness (QED) is 0.780. The van der Waals surface area contributed by atoms with Crippen molar-refractivity contribution in [3.8, 4) is 0 Å². The van der Waals surface area contributed by atoms with Crippen LogP contribution >= 0.6 is 24.8 Å². The number of carbonyl (C=O) groups is 1. The molecule has 114 valence electrons. The molecule has 1 saturated heterocycles. The molecule has 0 radical (unpaired) electrons. The summed E-state index contributed by atoms with van der Waals surface area (Å²) in [5.74, 6) is 1.01. The average molecular weight is 312 g/mol. The van der Waals surface area contributed by atoms with Crippen LogP contribution in [0.1, 0.15) is 32.6 Å². The van der Waals surface area contributed by atoms with Crippen molar-refractivity contribution in [3.63, 3.8) is 0 Å². The zero-order valence-electron chi connectivity index (χ0n) is 11.7. The summed E-state index contributed by atoms with van der Waals surface area (Å²) in [4.78, 5) is 14.1. The minimum absolute atomic E-state index is 0. The van der Waals surface area contributed by atoms with Crippen LogP contribution in [-0.2, 0) is 4.79 Å². The van der Waals surface area contributed by atoms with Gasteiger partial charge < -0.3 is 15.5 Å². The largest absolute Gasteiger partial charge is 0.352 e. The average Bonchev–Trinajstić information content (AvgIpc) is 3.14. The monoisotopic (exact) mass is 311 g/mol. The lowest BCUT2D eigenvalue weighted by Gasteiger charge is -2.31. The first-order chi connectivity index (χ1) is 8.28. The third-order valence-corrected chi connectivity index (χ3v) is 3.82. The topological polar surface area (TPSA) is 44.4 Å². The van der Waals surface area contributed by atoms with Gasteiger partial charge in [-0.05, 0) is 44.7 Å². The molecule has 0 unspecified atom stereocenters. The molecular formula is C13H27Cl2N3O. The SMILES string of the molecule is CCN1CCC(NC(=O)CNCC2CC2)CC1.Cl.Cl. The highest BCUT2D eigenvalue weighted by Crippen LogP contribution is 2.27. The van der Waals surface area contributed by atoms with Crippen LogP contribution in [0.25, 0.3) is 0 Å². The lowest BCUT2D eigenvalue weighted by Crippen LogP contribution is -2.46. The summed E-state index contributed by atoms with van der Waals surface area (Å²) < 4.78 is 0. The van der Waals surface area contributed by atoms with E-state index in [0.29, 0.717) is 12.6 Å². The number of piperidine rings is 1. The summed E-state index contributed by atoms with van der Waals surface area (Å²) in [6.07, 6.45) is 4.87. The minimum atomic E-state index is 0. The van der Waals surface area contributed by atoms with Crippen molar-refractivity contribution in [1.29, 1.82) is 0 Å². The van der Waals surface area contributed by atoms with E-state index in [2.05, 4.69) is 22.5 Å². The van der Waals surface area contributed by atoms with Gasteiger partial charge in [0, 0.05) is 19.1 Å². The Morgan fingerprint density at radius 3 is 2.32 bits per heavy atom. The van der Waals surface area contributed by atoms with Gasteiger partial charge in [0.15, 0.2) is 0 Å². The molecule has 0 atom stereocenters. The zero-order valence-corrected chi connectivity index (χ0v) is 13.3. The third kappa shape index (κ3) is 7.35. The van der Waals surface area contributed by atoms with E-state index in [1.807, 2.05) is 0 Å². The van der Waals surface area contributed by atoms with E-state index in [9.17, 15) is 4.79 Å². The van der Waals surface area contributed by atoms with E-state index in [4.69, 9.17) is 0 Å². The van der Waals surface area contributed by atoms with Crippen LogP contribution in [-0.4, -0.2) is 49.6 Å². The van der Waals surface area contributed by atoms with Crippen molar-refractivity contribution in [2.24, 2.45) is 5.92 Å². The van der Waals surface area contributed by atoms with E-state index in [1.165, 1.54) is 12.8 Å². The molecule has 0 spiro atoms. The highest BCUT2D eigenvalue weighted by Gasteiger charge is 2.22. The van der Waals surface area contributed by atoms with Gasteiger partial charge in [-0.25, -0.2) is 0 Å². The highest BCUT2D eigenvalue weighted by molar-refractivity contribution is 5.85. The van der Waals surface area contributed by atoms with E-state index in [0.717, 1.165) is 44.9 Å². The predicted octanol–water partition coefficient (Wildman–Crippen LogP) is 1.43. The molecule has 0 bridgehead atoms. The highest BCUT2D eigenvalue weighted by atomic mass is 35.5. The fourth-order valence-electron chi connectivity index (χ4n) is 2.38. The van der Waals surface area contributed by atoms with Crippen molar-refractivity contribution in [2.45, 2.75) is 38.6 Å². The van der Waals surface area contributed by atoms with Gasteiger partial charge in [-0.2, -0.15) is 0 Å². The molecule has 19 heavy (non-hydrogen) atoms. The molecule has 0 aromatic carbocycles. The van der Waals surface area contributed by atoms with Crippen LogP contribution in [0, 0.1) is 5.92 Å². The number of nitrogens with zero attached hydrogens (tertiary/aromatic N) is 1. The molecule has 1 heterocycles. The first kappa shape index (κ1) is 19.0. The molecule has 2 aliphatic rings. The molecule has 2 N–H and O–H groups in total. The van der Waals surface area contributed by atoms with Gasteiger partial charge in [0.2, 0.25) is 5.91 Å². The first-order valence-electron chi connectivity index (χ1n) is 7.00. The molecule has 1 saturated carbocycles. The second-order valence-electron chi connectivity index (χ2n) is 5.35. The summed E-state index contributed by atoms with van der Waals surface area (Å²) in [5.41, 5.74) is 0. The number of carbonyl (C=O) groups excluding carboxylic acids is 1. The molecule has 0 aromatic rings. The Balaban J connectivity index is 0.00000162. The van der Waals surface area contributed by atoms with E-state index in [-0.39, 0.29) is 30.7 Å². The molecule has 1 aliphatic carbocycles. The van der Waals surface area contributed by atoms with Gasteiger partial charge in [-0.1, -0.05) is 6.92 Å². The number of amides is 1. The van der Waals surface area contributed by atoms with E-state index >= 15 is 0 Å². The molecule has 2 rings (SSSR count). The van der Waals surface area contributed by atoms with Gasteiger partial charge in [-0.3, -0.25) is 4.79 Å². The van der Waals surface area contributed by atoms with Crippen LogP contribution in [0.15, 0.2) is 0 Å². The number of halogens is 2. The molecule has 0 aromatic heterocycles. The Labute approximate surface area is 128 Å². The fraction of sp³-hybridized carbons (Fsp3) is 0.923. The molecular weight excluding hydrogens is 285 g/mol. The second kappa shape index (κ2) is 9.81. The number of rotatable bonds is 6. The van der Waals surface area contributed by atoms with Crippen LogP contribution in [0.5, 0.6) is 0 Å². The van der Waals surface area contributed by atoms with Gasteiger partial charge in [0.25, 0.3) is 0 Å². The van der Waals surface area contributed by atoms with Crippen LogP contribution in [0.4, 0.5) is 0 Å². The first-order valence-corrected chi connectivity index (χ1v) is 7.00. The maximum absolute atomic E-state index is 11.7. The minimum Gasteiger partial charge on any atom is -0.352 e. The van der Waals surface area contributed by atoms with Gasteiger partial charge in [0.1, 0.15) is 0 Å². The molecule has 1 aliphatic heterocycles. The fourth-order valence-corrected chi connectivity index (χ4v) is 2.38. The normalized spacial score (nSPS) is 20.3. The lowest BCUT2D eigenvalue weighted by atomic mass is 10.1. The maximum Gasteiger partial charge on any atom is 0.234 e. The summed E-state index contributed by atoms with van der Waals surface area (Å²) in [6, 6.07) is 0.396. The van der Waals surface area contributed by atoms with Gasteiger partial charge >= 0.3 is 0 Å². The Morgan fingerprint density at radius 1 is 1.16 bits per heavy atom. The number of nitrogens with one attached hydrogen (secondary N) is 2. The number of hydrogen-bond donors (Lipinski definition) is 2. The zero-order chi connectivity index (χ0) is 12.1. The van der Waals surface area contributed by atoms with Crippen molar-refractivity contribution >= 4 is 30.7 Å². The van der Waals surface area contributed by atoms with Crippen molar-refractivity contribution in [3.05, 3.63) is 0 Å². The van der Waals surface area contributed by atoms with Crippen LogP contribution < -0.4 is 10.6 Å². The standard InChI is InChI=1S/C13H25N3O.2ClH/c1-2-16-7-5-12(6-8-16)15-13(17)10-14-9-11-3-4-11;;/h11-12,14H,2-10H2,1H3,(H,15,17);2*1H. The summed E-state index contributed by atoms with van der Waals surface area (Å²) in [7, 11) is 0. The Kier molecular flexibility index (Phi) is 9.79. The number of likely N-dealkylation sites (tertiary alicyclic amines) is 1. The molecule has 4 nitrogen and oxygen atoms in total. The van der Waals surface area contributed by atoms with Crippen LogP contribution in [0.3, 0.4) is 0 Å². The molecule has 6 heteroatoms. The summed E-state index contributed by atoms with van der Waals surface area (Å²) in [6.45, 7) is 7.07. The lowest BCUT2D eigenvalue weighted by molar-refractivity contribution is -0.121. The Bertz CT molecular complexity index is 254. The van der Waals surface area contributed by atoms with Gasteiger partial charge in [0.05, 0.1) is 6.54 Å². The number of hydrogen-bond acceptors (Lipinski definition) is 3. The maximum atomic E-state index is 11.7. The molecule has 2 fully saturated rings. The summed E-state index contributed by atoms with van der Waals surface area (Å²) >= 11 is 0. The predicted molar refractivity (Wildman–Crippen MR) is 83.4 cm³/mol. The van der Waals surface area contributed by atoms with Gasteiger partial charge in [-0.15, -0.1) is 24.8 Å². The summed E-state index contributed by atoms with van der Waals surface area (Å²) in [5, 5.41) is 6.36. The third-order valence-electron chi connectivity index (χ3n) is 3.82. The van der Waals surface area contributed by atoms with E-state index < -0.39 is 0 Å². The Morgan fingerprint density at radius 2 is 1.79 bits per heavy atom. The van der Waals surface area contributed by atoms with Crippen molar-refractivity contribution < 1.29 is 4.79 Å². The van der Waals surface area contributed by atoms with E-state index in [1.54, 1.807) is 0 Å².